The van der Waals surface area contributed by atoms with E-state index in [1.807, 2.05) is 25.2 Å². The third-order valence-corrected chi connectivity index (χ3v) is 6.29. The first-order valence-corrected chi connectivity index (χ1v) is 11.2. The van der Waals surface area contributed by atoms with Crippen molar-refractivity contribution in [3.05, 3.63) is 93.5 Å². The van der Waals surface area contributed by atoms with Gasteiger partial charge in [0, 0.05) is 24.0 Å². The number of carbonyl (C=O) groups is 2. The van der Waals surface area contributed by atoms with Crippen LogP contribution in [0, 0.1) is 0 Å². The Morgan fingerprint density at radius 3 is 2.44 bits per heavy atom. The van der Waals surface area contributed by atoms with Gasteiger partial charge in [0.2, 0.25) is 0 Å². The first-order valence-electron chi connectivity index (χ1n) is 10.4. The predicted molar refractivity (Wildman–Crippen MR) is 130 cm³/mol. The summed E-state index contributed by atoms with van der Waals surface area (Å²) in [4.78, 5) is 27.8. The molecule has 0 aliphatic carbocycles. The number of hydrogen-bond donors (Lipinski definition) is 2. The number of rotatable bonds is 4. The highest BCUT2D eigenvalue weighted by Gasteiger charge is 2.27. The van der Waals surface area contributed by atoms with Crippen molar-refractivity contribution in [2.45, 2.75) is 18.9 Å². The number of fused-ring (bicyclic) bond motifs is 1. The molecule has 0 radical (unpaired) electrons. The minimum Gasteiger partial charge on any atom is -0.322 e. The average molecular weight is 468 g/mol. The zero-order valence-corrected chi connectivity index (χ0v) is 19.1. The van der Waals surface area contributed by atoms with Gasteiger partial charge in [0.05, 0.1) is 21.2 Å². The molecule has 0 fully saturated rings. The maximum Gasteiger partial charge on any atom is 0.259 e. The minimum absolute atomic E-state index is 0.164. The van der Waals surface area contributed by atoms with E-state index < -0.39 is 0 Å². The molecule has 0 aromatic heterocycles. The third-order valence-electron chi connectivity index (χ3n) is 5.65. The molecule has 5 nitrogen and oxygen atoms in total. The van der Waals surface area contributed by atoms with Crippen molar-refractivity contribution in [2.24, 2.45) is 0 Å². The molecule has 164 valence electrons. The van der Waals surface area contributed by atoms with Gasteiger partial charge >= 0.3 is 0 Å². The van der Waals surface area contributed by atoms with Gasteiger partial charge in [-0.1, -0.05) is 53.5 Å². The zero-order chi connectivity index (χ0) is 22.7. The van der Waals surface area contributed by atoms with E-state index in [0.29, 0.717) is 28.4 Å². The molecule has 2 amide bonds. The molecule has 0 saturated carbocycles. The van der Waals surface area contributed by atoms with Crippen molar-refractivity contribution >= 4 is 46.4 Å². The molecule has 4 rings (SSSR count). The van der Waals surface area contributed by atoms with Crippen LogP contribution in [-0.2, 0) is 0 Å². The average Bonchev–Trinajstić information content (AvgIpc) is 2.98. The SMILES string of the molecule is CNC1CCCN(C(=O)c2ccc(NC(=O)c3ccccc3Cl)cc2Cl)c2ccccc21. The third kappa shape index (κ3) is 4.51. The number of para-hydroxylation sites is 1. The fraction of sp³-hybridized carbons (Fsp3) is 0.200. The van der Waals surface area contributed by atoms with E-state index in [2.05, 4.69) is 16.7 Å². The van der Waals surface area contributed by atoms with Gasteiger partial charge in [-0.25, -0.2) is 0 Å². The summed E-state index contributed by atoms with van der Waals surface area (Å²) in [6.45, 7) is 0.606. The second-order valence-electron chi connectivity index (χ2n) is 7.63. The molecule has 1 aliphatic rings. The molecule has 2 N–H and O–H groups in total. The van der Waals surface area contributed by atoms with Crippen molar-refractivity contribution < 1.29 is 9.59 Å². The Bertz CT molecular complexity index is 1170. The number of nitrogens with zero attached hydrogens (tertiary/aromatic N) is 1. The fourth-order valence-corrected chi connectivity index (χ4v) is 4.51. The van der Waals surface area contributed by atoms with E-state index >= 15 is 0 Å². The van der Waals surface area contributed by atoms with E-state index in [-0.39, 0.29) is 22.9 Å². The largest absolute Gasteiger partial charge is 0.322 e. The Kier molecular flexibility index (Phi) is 6.80. The number of anilines is 2. The monoisotopic (exact) mass is 467 g/mol. The van der Waals surface area contributed by atoms with Gasteiger partial charge < -0.3 is 15.5 Å². The molecule has 1 unspecified atom stereocenters. The zero-order valence-electron chi connectivity index (χ0n) is 17.6. The summed E-state index contributed by atoms with van der Waals surface area (Å²) < 4.78 is 0. The maximum absolute atomic E-state index is 13.4. The van der Waals surface area contributed by atoms with Crippen molar-refractivity contribution in [1.29, 1.82) is 0 Å². The van der Waals surface area contributed by atoms with Gasteiger partial charge in [-0.05, 0) is 61.9 Å². The molecule has 0 saturated heterocycles. The second-order valence-corrected chi connectivity index (χ2v) is 8.44. The van der Waals surface area contributed by atoms with Crippen LogP contribution in [0.25, 0.3) is 0 Å². The topological polar surface area (TPSA) is 61.4 Å². The van der Waals surface area contributed by atoms with Crippen LogP contribution < -0.4 is 15.5 Å². The lowest BCUT2D eigenvalue weighted by molar-refractivity contribution is 0.0986. The van der Waals surface area contributed by atoms with Crippen molar-refractivity contribution in [3.8, 4) is 0 Å². The van der Waals surface area contributed by atoms with Crippen LogP contribution in [0.5, 0.6) is 0 Å². The molecular formula is C25H23Cl2N3O2. The first-order chi connectivity index (χ1) is 15.5. The molecule has 3 aromatic carbocycles. The number of amides is 2. The molecule has 3 aromatic rings. The molecule has 0 bridgehead atoms. The Morgan fingerprint density at radius 2 is 1.69 bits per heavy atom. The van der Waals surface area contributed by atoms with Gasteiger partial charge in [0.1, 0.15) is 0 Å². The minimum atomic E-state index is -0.342. The first kappa shape index (κ1) is 22.3. The smallest absolute Gasteiger partial charge is 0.259 e. The Labute approximate surface area is 197 Å². The lowest BCUT2D eigenvalue weighted by atomic mass is 10.0. The number of benzene rings is 3. The molecule has 0 spiro atoms. The number of halogens is 2. The Morgan fingerprint density at radius 1 is 0.938 bits per heavy atom. The van der Waals surface area contributed by atoms with Crippen molar-refractivity contribution in [2.75, 3.05) is 23.8 Å². The lowest BCUT2D eigenvalue weighted by Crippen LogP contribution is -2.32. The van der Waals surface area contributed by atoms with E-state index in [0.717, 1.165) is 24.1 Å². The number of hydrogen-bond acceptors (Lipinski definition) is 3. The highest BCUT2D eigenvalue weighted by Crippen LogP contribution is 2.34. The summed E-state index contributed by atoms with van der Waals surface area (Å²) in [5.41, 5.74) is 3.23. The van der Waals surface area contributed by atoms with Crippen LogP contribution in [0.4, 0.5) is 11.4 Å². The molecular weight excluding hydrogens is 445 g/mol. The van der Waals surface area contributed by atoms with Crippen LogP contribution in [0.1, 0.15) is 45.2 Å². The Hall–Kier alpha value is -2.86. The van der Waals surface area contributed by atoms with Crippen molar-refractivity contribution in [3.63, 3.8) is 0 Å². The van der Waals surface area contributed by atoms with E-state index in [1.165, 1.54) is 0 Å². The van der Waals surface area contributed by atoms with Gasteiger partial charge in [0.25, 0.3) is 11.8 Å². The number of carbonyl (C=O) groups excluding carboxylic acids is 2. The standard InChI is InChI=1S/C25H23Cl2N3O2/c1-28-22-10-6-14-30(23-11-5-3-8-19(22)23)25(32)18-13-12-16(15-21(18)27)29-24(31)17-7-2-4-9-20(17)26/h2-5,7-9,11-13,15,22,28H,6,10,14H2,1H3,(H,29,31). The molecule has 1 heterocycles. The second kappa shape index (κ2) is 9.74. The summed E-state index contributed by atoms with van der Waals surface area (Å²) >= 11 is 12.6. The number of nitrogens with one attached hydrogen (secondary N) is 2. The summed E-state index contributed by atoms with van der Waals surface area (Å²) in [5, 5.41) is 6.76. The van der Waals surface area contributed by atoms with E-state index in [4.69, 9.17) is 23.2 Å². The predicted octanol–water partition coefficient (Wildman–Crippen LogP) is 5.95. The molecule has 7 heteroatoms. The quantitative estimate of drug-likeness (QED) is 0.498. The fourth-order valence-electron chi connectivity index (χ4n) is 4.02. The van der Waals surface area contributed by atoms with Crippen LogP contribution >= 0.6 is 23.2 Å². The van der Waals surface area contributed by atoms with Crippen molar-refractivity contribution in [1.82, 2.24) is 5.32 Å². The lowest BCUT2D eigenvalue weighted by Gasteiger charge is -2.24. The summed E-state index contributed by atoms with van der Waals surface area (Å²) in [6, 6.07) is 19.9. The van der Waals surface area contributed by atoms with Crippen LogP contribution in [0.3, 0.4) is 0 Å². The Balaban J connectivity index is 1.59. The van der Waals surface area contributed by atoms with Crippen LogP contribution in [0.15, 0.2) is 66.7 Å². The van der Waals surface area contributed by atoms with Crippen LogP contribution in [0.2, 0.25) is 10.0 Å². The van der Waals surface area contributed by atoms with Gasteiger partial charge in [-0.2, -0.15) is 0 Å². The summed E-state index contributed by atoms with van der Waals surface area (Å²) in [5.74, 6) is -0.506. The van der Waals surface area contributed by atoms with Gasteiger partial charge in [0.15, 0.2) is 0 Å². The van der Waals surface area contributed by atoms with E-state index in [1.54, 1.807) is 47.4 Å². The normalized spacial score (nSPS) is 15.6. The van der Waals surface area contributed by atoms with Gasteiger partial charge in [-0.15, -0.1) is 0 Å². The van der Waals surface area contributed by atoms with Crippen LogP contribution in [-0.4, -0.2) is 25.4 Å². The highest BCUT2D eigenvalue weighted by atomic mass is 35.5. The molecule has 32 heavy (non-hydrogen) atoms. The summed E-state index contributed by atoms with van der Waals surface area (Å²) in [6.07, 6.45) is 1.81. The molecule has 1 atom stereocenters. The maximum atomic E-state index is 13.4. The summed E-state index contributed by atoms with van der Waals surface area (Å²) in [7, 11) is 1.94. The van der Waals surface area contributed by atoms with E-state index in [9.17, 15) is 9.59 Å². The molecule has 1 aliphatic heterocycles. The highest BCUT2D eigenvalue weighted by molar-refractivity contribution is 6.35. The van der Waals surface area contributed by atoms with Gasteiger partial charge in [-0.3, -0.25) is 9.59 Å².